The lowest BCUT2D eigenvalue weighted by Crippen LogP contribution is -2.46. The third kappa shape index (κ3) is 2.99. The third-order valence-corrected chi connectivity index (χ3v) is 5.71. The quantitative estimate of drug-likeness (QED) is 0.900. The Morgan fingerprint density at radius 1 is 1.04 bits per heavy atom. The van der Waals surface area contributed by atoms with Gasteiger partial charge in [-0.3, -0.25) is 4.31 Å². The second kappa shape index (κ2) is 5.78. The van der Waals surface area contributed by atoms with Crippen LogP contribution in [0.4, 0.5) is 18.9 Å². The number of benzene rings is 2. The molecule has 0 spiro atoms. The third-order valence-electron chi connectivity index (χ3n) is 3.91. The van der Waals surface area contributed by atoms with Crippen molar-refractivity contribution in [2.75, 3.05) is 10.8 Å². The minimum absolute atomic E-state index is 0.0837. The molecule has 2 aromatic carbocycles. The van der Waals surface area contributed by atoms with Gasteiger partial charge in [0, 0.05) is 12.6 Å². The fraction of sp³-hybridized carbons (Fsp3) is 0.250. The molecular weight excluding hydrogens is 341 g/mol. The second-order valence-corrected chi connectivity index (χ2v) is 7.51. The van der Waals surface area contributed by atoms with Crippen molar-refractivity contribution in [1.82, 2.24) is 0 Å². The van der Waals surface area contributed by atoms with E-state index in [-0.39, 0.29) is 17.5 Å². The molecule has 0 radical (unpaired) electrons. The van der Waals surface area contributed by atoms with Crippen LogP contribution in [0.5, 0.6) is 0 Å². The number of nitrogens with zero attached hydrogens (tertiary/aromatic N) is 1. The first-order valence-electron chi connectivity index (χ1n) is 7.23. The van der Waals surface area contributed by atoms with E-state index >= 15 is 0 Å². The fourth-order valence-corrected chi connectivity index (χ4v) is 4.32. The summed E-state index contributed by atoms with van der Waals surface area (Å²) in [4.78, 5) is -0.195. The Balaban J connectivity index is 2.02. The molecule has 1 unspecified atom stereocenters. The first kappa shape index (κ1) is 16.8. The van der Waals surface area contributed by atoms with Crippen molar-refractivity contribution in [3.05, 3.63) is 59.7 Å². The molecule has 1 atom stereocenters. The maximum Gasteiger partial charge on any atom is 0.416 e. The fourth-order valence-electron chi connectivity index (χ4n) is 2.76. The van der Waals surface area contributed by atoms with Crippen molar-refractivity contribution < 1.29 is 21.6 Å². The molecule has 2 aromatic rings. The molecule has 0 fully saturated rings. The van der Waals surface area contributed by atoms with Crippen LogP contribution in [0.2, 0.25) is 0 Å². The van der Waals surface area contributed by atoms with Gasteiger partial charge in [0.2, 0.25) is 0 Å². The Kier molecular flexibility index (Phi) is 4.05. The van der Waals surface area contributed by atoms with Crippen LogP contribution in [0.15, 0.2) is 53.4 Å². The summed E-state index contributed by atoms with van der Waals surface area (Å²) in [6, 6.07) is 10.1. The number of sulfonamides is 1. The van der Waals surface area contributed by atoms with E-state index in [0.29, 0.717) is 12.1 Å². The van der Waals surface area contributed by atoms with E-state index in [1.54, 1.807) is 24.3 Å². The number of para-hydroxylation sites is 1. The minimum atomic E-state index is -4.51. The van der Waals surface area contributed by atoms with Crippen molar-refractivity contribution >= 4 is 15.7 Å². The normalized spacial score (nSPS) is 18.3. The van der Waals surface area contributed by atoms with Crippen molar-refractivity contribution in [1.29, 1.82) is 0 Å². The molecule has 0 aliphatic carbocycles. The average Bonchev–Trinajstić information content (AvgIpc) is 2.53. The van der Waals surface area contributed by atoms with Crippen LogP contribution < -0.4 is 10.0 Å². The molecule has 3 rings (SSSR count). The van der Waals surface area contributed by atoms with Gasteiger partial charge in [0.1, 0.15) is 0 Å². The molecule has 8 heteroatoms. The molecule has 1 aliphatic rings. The molecule has 1 aliphatic heterocycles. The number of hydrogen-bond donors (Lipinski definition) is 1. The topological polar surface area (TPSA) is 63.4 Å². The van der Waals surface area contributed by atoms with Crippen molar-refractivity contribution in [3.63, 3.8) is 0 Å². The number of nitrogens with two attached hydrogens (primary N) is 1. The molecule has 2 N–H and O–H groups in total. The predicted octanol–water partition coefficient (Wildman–Crippen LogP) is 2.78. The zero-order valence-corrected chi connectivity index (χ0v) is 13.3. The summed E-state index contributed by atoms with van der Waals surface area (Å²) < 4.78 is 64.8. The van der Waals surface area contributed by atoms with Crippen molar-refractivity contribution in [3.8, 4) is 0 Å². The van der Waals surface area contributed by atoms with E-state index in [0.717, 1.165) is 29.8 Å². The molecule has 0 amide bonds. The van der Waals surface area contributed by atoms with Gasteiger partial charge < -0.3 is 5.73 Å². The molecule has 1 heterocycles. The first-order valence-corrected chi connectivity index (χ1v) is 8.67. The average molecular weight is 356 g/mol. The van der Waals surface area contributed by atoms with Gasteiger partial charge in [-0.15, -0.1) is 0 Å². The van der Waals surface area contributed by atoms with Crippen LogP contribution in [0.25, 0.3) is 0 Å². The Morgan fingerprint density at radius 2 is 1.67 bits per heavy atom. The highest BCUT2D eigenvalue weighted by molar-refractivity contribution is 7.92. The maximum atomic E-state index is 12.8. The van der Waals surface area contributed by atoms with E-state index in [1.165, 1.54) is 4.31 Å². The van der Waals surface area contributed by atoms with Gasteiger partial charge in [-0.1, -0.05) is 18.2 Å². The van der Waals surface area contributed by atoms with Crippen LogP contribution in [0, 0.1) is 0 Å². The van der Waals surface area contributed by atoms with E-state index in [2.05, 4.69) is 0 Å². The Morgan fingerprint density at radius 3 is 2.29 bits per heavy atom. The summed E-state index contributed by atoms with van der Waals surface area (Å²) >= 11 is 0. The Labute approximate surface area is 137 Å². The van der Waals surface area contributed by atoms with Crippen LogP contribution in [-0.2, 0) is 22.6 Å². The van der Waals surface area contributed by atoms with Crippen LogP contribution in [0.1, 0.15) is 11.1 Å². The number of rotatable bonds is 2. The summed E-state index contributed by atoms with van der Waals surface area (Å²) in [5.74, 6) is 0. The highest BCUT2D eigenvalue weighted by Crippen LogP contribution is 2.33. The summed E-state index contributed by atoms with van der Waals surface area (Å²) in [6.07, 6.45) is -3.96. The summed E-state index contributed by atoms with van der Waals surface area (Å²) in [5, 5.41) is 0. The largest absolute Gasteiger partial charge is 0.416 e. The minimum Gasteiger partial charge on any atom is -0.326 e. The standard InChI is InChI=1S/C16H15F3N2O2S/c17-16(18,19)12-5-7-14(8-6-12)24(22,23)21-10-13(20)9-11-3-1-2-4-15(11)21/h1-8,13H,9-10,20H2. The molecule has 0 aromatic heterocycles. The first-order chi connectivity index (χ1) is 11.2. The van der Waals surface area contributed by atoms with Gasteiger partial charge in [0.15, 0.2) is 0 Å². The highest BCUT2D eigenvalue weighted by Gasteiger charge is 2.34. The molecule has 24 heavy (non-hydrogen) atoms. The summed E-state index contributed by atoms with van der Waals surface area (Å²) in [5.41, 5.74) is 6.36. The Hall–Kier alpha value is -2.06. The maximum absolute atomic E-state index is 12.8. The number of hydrogen-bond acceptors (Lipinski definition) is 3. The molecular formula is C16H15F3N2O2S. The lowest BCUT2D eigenvalue weighted by molar-refractivity contribution is -0.137. The number of anilines is 1. The van der Waals surface area contributed by atoms with E-state index in [9.17, 15) is 21.6 Å². The van der Waals surface area contributed by atoms with Gasteiger partial charge in [-0.05, 0) is 42.3 Å². The monoisotopic (exact) mass is 356 g/mol. The number of alkyl halides is 3. The Bertz CT molecular complexity index is 848. The lowest BCUT2D eigenvalue weighted by atomic mass is 10.0. The zero-order valence-electron chi connectivity index (χ0n) is 12.5. The van der Waals surface area contributed by atoms with Crippen molar-refractivity contribution in [2.24, 2.45) is 5.73 Å². The number of halogens is 3. The molecule has 0 saturated carbocycles. The highest BCUT2D eigenvalue weighted by atomic mass is 32.2. The van der Waals surface area contributed by atoms with Crippen LogP contribution in [0.3, 0.4) is 0 Å². The smallest absolute Gasteiger partial charge is 0.326 e. The molecule has 0 bridgehead atoms. The van der Waals surface area contributed by atoms with Gasteiger partial charge in [0.25, 0.3) is 10.0 Å². The van der Waals surface area contributed by atoms with Gasteiger partial charge in [0.05, 0.1) is 16.1 Å². The lowest BCUT2D eigenvalue weighted by Gasteiger charge is -2.33. The zero-order chi connectivity index (χ0) is 17.5. The van der Waals surface area contributed by atoms with E-state index in [4.69, 9.17) is 5.73 Å². The predicted molar refractivity (Wildman–Crippen MR) is 84.1 cm³/mol. The molecule has 0 saturated heterocycles. The van der Waals surface area contributed by atoms with Crippen LogP contribution >= 0.6 is 0 Å². The van der Waals surface area contributed by atoms with Gasteiger partial charge in [-0.25, -0.2) is 8.42 Å². The van der Waals surface area contributed by atoms with Gasteiger partial charge in [-0.2, -0.15) is 13.2 Å². The SMILES string of the molecule is NC1Cc2ccccc2N(S(=O)(=O)c2ccc(C(F)(F)F)cc2)C1. The molecule has 4 nitrogen and oxygen atoms in total. The van der Waals surface area contributed by atoms with E-state index < -0.39 is 21.8 Å². The van der Waals surface area contributed by atoms with E-state index in [1.807, 2.05) is 0 Å². The van der Waals surface area contributed by atoms with Crippen molar-refractivity contribution in [2.45, 2.75) is 23.5 Å². The second-order valence-electron chi connectivity index (χ2n) is 5.65. The summed E-state index contributed by atoms with van der Waals surface area (Å²) in [6.45, 7) is 0.0837. The molecule has 128 valence electrons. The number of fused-ring (bicyclic) bond motifs is 1. The van der Waals surface area contributed by atoms with Crippen LogP contribution in [-0.4, -0.2) is 21.0 Å². The van der Waals surface area contributed by atoms with Gasteiger partial charge >= 0.3 is 6.18 Å². The summed E-state index contributed by atoms with van der Waals surface area (Å²) in [7, 11) is -3.98.